The van der Waals surface area contributed by atoms with E-state index in [1.54, 1.807) is 0 Å². The summed E-state index contributed by atoms with van der Waals surface area (Å²) in [5.41, 5.74) is -0.715. The smallest absolute Gasteiger partial charge is 0.303 e. The van der Waals surface area contributed by atoms with Gasteiger partial charge in [-0.1, -0.05) is 30.0 Å². The van der Waals surface area contributed by atoms with Crippen LogP contribution < -0.4 is 5.32 Å². The lowest BCUT2D eigenvalue weighted by atomic mass is 9.97. The molecular formula is C20H25NO8S. The summed E-state index contributed by atoms with van der Waals surface area (Å²) in [6.07, 6.45) is -3.05. The molecule has 1 N–H and O–H groups in total. The van der Waals surface area contributed by atoms with Gasteiger partial charge in [-0.3, -0.25) is 19.2 Å². The molecule has 1 heterocycles. The molecule has 0 unspecified atom stereocenters. The minimum Gasteiger partial charge on any atom is -0.463 e. The number of benzene rings is 1. The lowest BCUT2D eigenvalue weighted by Gasteiger charge is -2.45. The van der Waals surface area contributed by atoms with Gasteiger partial charge >= 0.3 is 17.9 Å². The maximum Gasteiger partial charge on any atom is 0.303 e. The van der Waals surface area contributed by atoms with Crippen molar-refractivity contribution in [2.75, 3.05) is 6.61 Å². The molecule has 164 valence electrons. The summed E-state index contributed by atoms with van der Waals surface area (Å²) in [7, 11) is 0. The Morgan fingerprint density at radius 1 is 0.933 bits per heavy atom. The number of hydrogen-bond acceptors (Lipinski definition) is 9. The van der Waals surface area contributed by atoms with E-state index in [1.807, 2.05) is 30.3 Å². The lowest BCUT2D eigenvalue weighted by Crippen LogP contribution is -2.65. The zero-order valence-corrected chi connectivity index (χ0v) is 18.0. The highest BCUT2D eigenvalue weighted by atomic mass is 32.2. The Balaban J connectivity index is 2.42. The van der Waals surface area contributed by atoms with Gasteiger partial charge in [-0.25, -0.2) is 0 Å². The Bertz CT molecular complexity index is 771. The first-order valence-electron chi connectivity index (χ1n) is 9.29. The van der Waals surface area contributed by atoms with Gasteiger partial charge in [0.2, 0.25) is 5.91 Å². The summed E-state index contributed by atoms with van der Waals surface area (Å²) in [4.78, 5) is 47.6. The highest BCUT2D eigenvalue weighted by Gasteiger charge is 2.51. The van der Waals surface area contributed by atoms with Gasteiger partial charge in [-0.15, -0.1) is 0 Å². The van der Waals surface area contributed by atoms with Crippen molar-refractivity contribution in [2.45, 2.75) is 62.4 Å². The van der Waals surface area contributed by atoms with Crippen LogP contribution in [0, 0.1) is 0 Å². The second-order valence-electron chi connectivity index (χ2n) is 6.65. The Kier molecular flexibility index (Phi) is 8.67. The largest absolute Gasteiger partial charge is 0.463 e. The fourth-order valence-electron chi connectivity index (χ4n) is 3.02. The third-order valence-corrected chi connectivity index (χ3v) is 5.25. The van der Waals surface area contributed by atoms with E-state index in [1.165, 1.54) is 39.5 Å². The molecule has 9 nitrogen and oxygen atoms in total. The molecule has 2 rings (SSSR count). The van der Waals surface area contributed by atoms with Gasteiger partial charge in [0.1, 0.15) is 24.2 Å². The first kappa shape index (κ1) is 23.7. The van der Waals surface area contributed by atoms with Crippen LogP contribution in [-0.4, -0.2) is 60.2 Å². The quantitative estimate of drug-likeness (QED) is 0.497. The minimum atomic E-state index is -1.09. The lowest BCUT2D eigenvalue weighted by molar-refractivity contribution is -0.211. The van der Waals surface area contributed by atoms with Crippen molar-refractivity contribution in [1.82, 2.24) is 5.32 Å². The van der Waals surface area contributed by atoms with E-state index < -0.39 is 47.7 Å². The van der Waals surface area contributed by atoms with Crippen LogP contribution in [0.1, 0.15) is 27.7 Å². The van der Waals surface area contributed by atoms with E-state index in [4.69, 9.17) is 18.9 Å². The van der Waals surface area contributed by atoms with Gasteiger partial charge in [0.15, 0.2) is 12.2 Å². The molecule has 0 aromatic heterocycles. The third-order valence-electron chi connectivity index (χ3n) is 4.07. The highest BCUT2D eigenvalue weighted by Crippen LogP contribution is 2.36. The van der Waals surface area contributed by atoms with Crippen molar-refractivity contribution in [2.24, 2.45) is 0 Å². The monoisotopic (exact) mass is 439 g/mol. The summed E-state index contributed by atoms with van der Waals surface area (Å²) in [5.74, 6) is -2.17. The predicted molar refractivity (Wildman–Crippen MR) is 106 cm³/mol. The van der Waals surface area contributed by atoms with Crippen LogP contribution in [0.3, 0.4) is 0 Å². The second-order valence-corrected chi connectivity index (χ2v) is 7.82. The summed E-state index contributed by atoms with van der Waals surface area (Å²) < 4.78 is 22.0. The summed E-state index contributed by atoms with van der Waals surface area (Å²) in [5, 5.41) is 2.74. The van der Waals surface area contributed by atoms with Crippen LogP contribution in [0.4, 0.5) is 0 Å². The van der Waals surface area contributed by atoms with E-state index in [-0.39, 0.29) is 12.5 Å². The van der Waals surface area contributed by atoms with E-state index in [0.29, 0.717) is 0 Å². The van der Waals surface area contributed by atoms with Crippen molar-refractivity contribution < 1.29 is 38.1 Å². The maximum atomic E-state index is 11.9. The molecule has 0 aliphatic carbocycles. The fraction of sp³-hybridized carbons (Fsp3) is 0.500. The molecule has 0 bridgehead atoms. The molecule has 5 atom stereocenters. The Hall–Kier alpha value is -2.59. The number of thioether (sulfide) groups is 1. The molecule has 1 aliphatic heterocycles. The van der Waals surface area contributed by atoms with Crippen molar-refractivity contribution in [3.63, 3.8) is 0 Å². The van der Waals surface area contributed by atoms with Gasteiger partial charge in [-0.2, -0.15) is 0 Å². The van der Waals surface area contributed by atoms with Crippen LogP contribution in [0.15, 0.2) is 35.2 Å². The zero-order chi connectivity index (χ0) is 22.3. The van der Waals surface area contributed by atoms with E-state index >= 15 is 0 Å². The molecule has 10 heteroatoms. The van der Waals surface area contributed by atoms with Crippen LogP contribution in [0.5, 0.6) is 0 Å². The van der Waals surface area contributed by atoms with E-state index in [2.05, 4.69) is 5.32 Å². The van der Waals surface area contributed by atoms with E-state index in [9.17, 15) is 19.2 Å². The highest BCUT2D eigenvalue weighted by molar-refractivity contribution is 7.99. The molecule has 0 saturated carbocycles. The zero-order valence-electron chi connectivity index (χ0n) is 17.2. The van der Waals surface area contributed by atoms with Gasteiger partial charge in [0.25, 0.3) is 0 Å². The fourth-order valence-corrected chi connectivity index (χ4v) is 4.17. The number of esters is 3. The minimum absolute atomic E-state index is 0.219. The number of carbonyl (C=O) groups excluding carboxylic acids is 4. The van der Waals surface area contributed by atoms with Gasteiger partial charge in [0.05, 0.1) is 0 Å². The van der Waals surface area contributed by atoms with Gasteiger partial charge < -0.3 is 24.3 Å². The van der Waals surface area contributed by atoms with Gasteiger partial charge in [-0.05, 0) is 12.1 Å². The molecule has 1 fully saturated rings. The Morgan fingerprint density at radius 2 is 1.53 bits per heavy atom. The summed E-state index contributed by atoms with van der Waals surface area (Å²) in [6.45, 7) is 4.76. The van der Waals surface area contributed by atoms with Crippen molar-refractivity contribution >= 4 is 35.6 Å². The molecule has 1 aromatic carbocycles. The maximum absolute atomic E-state index is 11.9. The van der Waals surface area contributed by atoms with Crippen molar-refractivity contribution in [3.8, 4) is 0 Å². The molecule has 0 spiro atoms. The number of carbonyl (C=O) groups is 4. The summed E-state index contributed by atoms with van der Waals surface area (Å²) in [6, 6.07) is 8.45. The van der Waals surface area contributed by atoms with Crippen LogP contribution >= 0.6 is 11.8 Å². The topological polar surface area (TPSA) is 117 Å². The molecule has 1 aromatic rings. The molecule has 1 saturated heterocycles. The first-order chi connectivity index (χ1) is 14.2. The normalized spacial score (nSPS) is 25.7. The number of hydrogen-bond donors (Lipinski definition) is 1. The average molecular weight is 439 g/mol. The number of amides is 1. The number of rotatable bonds is 7. The molecule has 30 heavy (non-hydrogen) atoms. The number of ether oxygens (including phenoxy) is 4. The Labute approximate surface area is 178 Å². The molecule has 1 aliphatic rings. The van der Waals surface area contributed by atoms with Crippen LogP contribution in [0.25, 0.3) is 0 Å². The second kappa shape index (κ2) is 11.0. The van der Waals surface area contributed by atoms with Crippen LogP contribution in [-0.2, 0) is 38.1 Å². The first-order valence-corrected chi connectivity index (χ1v) is 10.2. The Morgan fingerprint density at radius 3 is 2.07 bits per heavy atom. The van der Waals surface area contributed by atoms with E-state index in [0.717, 1.165) is 4.90 Å². The third kappa shape index (κ3) is 7.03. The molecular weight excluding hydrogens is 414 g/mol. The SMILES string of the molecule is CC(=O)N[C@@H]1[C@@H](OC(C)=O)[C@H](OC(C)=O)[C@@H](COC(C)=O)O[C@H]1Sc1ccccc1. The van der Waals surface area contributed by atoms with Crippen LogP contribution in [0.2, 0.25) is 0 Å². The molecule has 1 amide bonds. The standard InChI is InChI=1S/C20H25NO8S/c1-11(22)21-17-19(28-14(4)25)18(27-13(3)24)16(10-26-12(2)23)29-20(17)30-15-8-6-5-7-9-15/h5-9,16-20H,10H2,1-4H3,(H,21,22)/t16-,17-,18-,19-,20+/m1/s1. The average Bonchev–Trinajstić information content (AvgIpc) is 2.64. The molecule has 0 radical (unpaired) electrons. The summed E-state index contributed by atoms with van der Waals surface area (Å²) >= 11 is 1.30. The van der Waals surface area contributed by atoms with Crippen molar-refractivity contribution in [3.05, 3.63) is 30.3 Å². The van der Waals surface area contributed by atoms with Gasteiger partial charge in [0, 0.05) is 32.6 Å². The number of nitrogens with one attached hydrogen (secondary N) is 1. The predicted octanol–water partition coefficient (Wildman–Crippen LogP) is 1.43. The van der Waals surface area contributed by atoms with Crippen molar-refractivity contribution in [1.29, 1.82) is 0 Å².